The number of halogens is 1. The Kier molecular flexibility index (Phi) is 2.65. The Morgan fingerprint density at radius 1 is 1.16 bits per heavy atom. The molecule has 0 bridgehead atoms. The fourth-order valence-corrected chi connectivity index (χ4v) is 2.69. The second-order valence-corrected chi connectivity index (χ2v) is 5.63. The lowest BCUT2D eigenvalue weighted by Crippen LogP contribution is -2.28. The highest BCUT2D eigenvalue weighted by Crippen LogP contribution is 2.37. The van der Waals surface area contributed by atoms with Gasteiger partial charge in [-0.05, 0) is 43.7 Å². The first-order valence-corrected chi connectivity index (χ1v) is 7.07. The summed E-state index contributed by atoms with van der Waals surface area (Å²) in [4.78, 5) is 0. The first-order chi connectivity index (χ1) is 9.29. The smallest absolute Gasteiger partial charge is 0.168 e. The molecule has 0 spiro atoms. The van der Waals surface area contributed by atoms with Crippen molar-refractivity contribution in [2.45, 2.75) is 50.4 Å². The van der Waals surface area contributed by atoms with Crippen molar-refractivity contribution in [2.24, 2.45) is 0 Å². The minimum atomic E-state index is -0.317. The monoisotopic (exact) mass is 264 g/mol. The molecule has 2 heterocycles. The largest absolute Gasteiger partial charge is 0.487 e. The lowest BCUT2D eigenvalue weighted by atomic mass is 9.96. The van der Waals surface area contributed by atoms with Crippen LogP contribution < -0.4 is 9.47 Å². The molecule has 1 aliphatic carbocycles. The Morgan fingerprint density at radius 3 is 2.68 bits per heavy atom. The van der Waals surface area contributed by atoms with Crippen LogP contribution in [0.1, 0.15) is 31.2 Å². The molecule has 3 aliphatic rings. The Labute approximate surface area is 111 Å². The Morgan fingerprint density at radius 2 is 2.00 bits per heavy atom. The number of hydrogen-bond donors (Lipinski definition) is 0. The third kappa shape index (κ3) is 2.18. The molecule has 2 aliphatic heterocycles. The van der Waals surface area contributed by atoms with Crippen LogP contribution in [-0.2, 0) is 11.2 Å². The van der Waals surface area contributed by atoms with Crippen LogP contribution in [-0.4, -0.2) is 24.9 Å². The Balaban J connectivity index is 1.55. The molecule has 2 atom stereocenters. The van der Waals surface area contributed by atoms with E-state index < -0.39 is 0 Å². The molecule has 1 aromatic rings. The molecule has 1 saturated heterocycles. The topological polar surface area (TPSA) is 31.0 Å². The van der Waals surface area contributed by atoms with Crippen LogP contribution in [0, 0.1) is 5.82 Å². The zero-order valence-corrected chi connectivity index (χ0v) is 10.7. The predicted octanol–water partition coefficient (Wildman–Crippen LogP) is 2.85. The van der Waals surface area contributed by atoms with Crippen molar-refractivity contribution in [1.29, 1.82) is 0 Å². The highest BCUT2D eigenvalue weighted by molar-refractivity contribution is 5.43. The molecule has 19 heavy (non-hydrogen) atoms. The van der Waals surface area contributed by atoms with Gasteiger partial charge in [0.1, 0.15) is 18.0 Å². The van der Waals surface area contributed by atoms with Gasteiger partial charge >= 0.3 is 0 Å². The number of epoxide rings is 1. The van der Waals surface area contributed by atoms with Crippen LogP contribution in [0.4, 0.5) is 4.39 Å². The molecule has 1 aromatic carbocycles. The zero-order chi connectivity index (χ0) is 12.8. The molecule has 4 heteroatoms. The summed E-state index contributed by atoms with van der Waals surface area (Å²) in [7, 11) is 0. The van der Waals surface area contributed by atoms with Gasteiger partial charge in [-0.1, -0.05) is 0 Å². The minimum Gasteiger partial charge on any atom is -0.487 e. The van der Waals surface area contributed by atoms with E-state index in [9.17, 15) is 4.39 Å². The molecule has 2 fully saturated rings. The number of benzene rings is 1. The second-order valence-electron chi connectivity index (χ2n) is 5.63. The van der Waals surface area contributed by atoms with E-state index in [2.05, 4.69) is 0 Å². The first kappa shape index (κ1) is 11.5. The van der Waals surface area contributed by atoms with E-state index in [4.69, 9.17) is 14.2 Å². The van der Waals surface area contributed by atoms with Crippen LogP contribution in [0.2, 0.25) is 0 Å². The van der Waals surface area contributed by atoms with Gasteiger partial charge in [0, 0.05) is 6.07 Å². The fourth-order valence-electron chi connectivity index (χ4n) is 2.69. The molecule has 0 radical (unpaired) electrons. The molecule has 3 nitrogen and oxygen atoms in total. The van der Waals surface area contributed by atoms with Crippen LogP contribution in [0.5, 0.6) is 11.5 Å². The van der Waals surface area contributed by atoms with E-state index >= 15 is 0 Å². The Bertz CT molecular complexity index is 494. The van der Waals surface area contributed by atoms with Gasteiger partial charge in [0.25, 0.3) is 0 Å². The van der Waals surface area contributed by atoms with E-state index in [1.54, 1.807) is 0 Å². The van der Waals surface area contributed by atoms with Crippen molar-refractivity contribution in [2.75, 3.05) is 6.61 Å². The second kappa shape index (κ2) is 4.37. The van der Waals surface area contributed by atoms with Crippen molar-refractivity contribution in [3.63, 3.8) is 0 Å². The molecule has 1 saturated carbocycles. The SMILES string of the molecule is Fc1cc2c(cc1OC1CCC1)CC[C@@H]([C@@H]1CO1)O2. The molecule has 0 N–H and O–H groups in total. The highest BCUT2D eigenvalue weighted by atomic mass is 19.1. The molecular weight excluding hydrogens is 247 g/mol. The maximum Gasteiger partial charge on any atom is 0.168 e. The summed E-state index contributed by atoms with van der Waals surface area (Å²) in [5, 5.41) is 0. The van der Waals surface area contributed by atoms with Crippen LogP contribution in [0.25, 0.3) is 0 Å². The summed E-state index contributed by atoms with van der Waals surface area (Å²) in [6.45, 7) is 0.769. The van der Waals surface area contributed by atoms with Crippen LogP contribution in [0.15, 0.2) is 12.1 Å². The zero-order valence-electron chi connectivity index (χ0n) is 10.7. The van der Waals surface area contributed by atoms with Gasteiger partial charge in [0.05, 0.1) is 12.7 Å². The summed E-state index contributed by atoms with van der Waals surface area (Å²) < 4.78 is 30.7. The van der Waals surface area contributed by atoms with E-state index in [1.165, 1.54) is 12.5 Å². The molecule has 0 amide bonds. The summed E-state index contributed by atoms with van der Waals surface area (Å²) in [5.74, 6) is 0.724. The van der Waals surface area contributed by atoms with Crippen molar-refractivity contribution < 1.29 is 18.6 Å². The summed E-state index contributed by atoms with van der Waals surface area (Å²) in [6, 6.07) is 3.28. The van der Waals surface area contributed by atoms with Gasteiger partial charge in [-0.25, -0.2) is 4.39 Å². The maximum atomic E-state index is 14.0. The number of aryl methyl sites for hydroxylation is 1. The molecular formula is C15H17FO3. The van der Waals surface area contributed by atoms with Crippen molar-refractivity contribution in [3.05, 3.63) is 23.5 Å². The normalized spacial score (nSPS) is 29.1. The fraction of sp³-hybridized carbons (Fsp3) is 0.600. The van der Waals surface area contributed by atoms with Gasteiger partial charge in [0.15, 0.2) is 11.6 Å². The standard InChI is InChI=1S/C15H17FO3/c16-11-7-13-9(4-5-12(19-13)15-8-17-15)6-14(11)18-10-2-1-3-10/h6-7,10,12,15H,1-5,8H2/t12-,15-/m0/s1. The molecule has 102 valence electrons. The van der Waals surface area contributed by atoms with Gasteiger partial charge in [0.2, 0.25) is 0 Å². The van der Waals surface area contributed by atoms with Crippen LogP contribution in [0.3, 0.4) is 0 Å². The Hall–Kier alpha value is -1.29. The van der Waals surface area contributed by atoms with Gasteiger partial charge < -0.3 is 14.2 Å². The van der Waals surface area contributed by atoms with Crippen molar-refractivity contribution in [3.8, 4) is 11.5 Å². The molecule has 4 rings (SSSR count). The first-order valence-electron chi connectivity index (χ1n) is 7.07. The average molecular weight is 264 g/mol. The lowest BCUT2D eigenvalue weighted by molar-refractivity contribution is 0.112. The number of fused-ring (bicyclic) bond motifs is 1. The van der Waals surface area contributed by atoms with E-state index in [-0.39, 0.29) is 24.1 Å². The van der Waals surface area contributed by atoms with Gasteiger partial charge in [-0.2, -0.15) is 0 Å². The summed E-state index contributed by atoms with van der Waals surface area (Å²) >= 11 is 0. The van der Waals surface area contributed by atoms with E-state index in [0.717, 1.165) is 37.9 Å². The lowest BCUT2D eigenvalue weighted by Gasteiger charge is -2.29. The minimum absolute atomic E-state index is 0.0882. The number of hydrogen-bond acceptors (Lipinski definition) is 3. The third-order valence-electron chi connectivity index (χ3n) is 4.21. The summed E-state index contributed by atoms with van der Waals surface area (Å²) in [6.07, 6.45) is 5.59. The quantitative estimate of drug-likeness (QED) is 0.787. The average Bonchev–Trinajstić information content (AvgIpc) is 3.17. The third-order valence-corrected chi connectivity index (χ3v) is 4.21. The highest BCUT2D eigenvalue weighted by Gasteiger charge is 2.37. The number of rotatable bonds is 3. The van der Waals surface area contributed by atoms with Crippen molar-refractivity contribution >= 4 is 0 Å². The van der Waals surface area contributed by atoms with Gasteiger partial charge in [-0.15, -0.1) is 0 Å². The van der Waals surface area contributed by atoms with Crippen LogP contribution >= 0.6 is 0 Å². The molecule has 0 aromatic heterocycles. The van der Waals surface area contributed by atoms with E-state index in [0.29, 0.717) is 11.5 Å². The van der Waals surface area contributed by atoms with Gasteiger partial charge in [-0.3, -0.25) is 0 Å². The van der Waals surface area contributed by atoms with Crippen molar-refractivity contribution in [1.82, 2.24) is 0 Å². The number of ether oxygens (including phenoxy) is 3. The van der Waals surface area contributed by atoms with E-state index in [1.807, 2.05) is 6.07 Å². The molecule has 0 unspecified atom stereocenters. The summed E-state index contributed by atoms with van der Waals surface area (Å²) in [5.41, 5.74) is 1.05. The predicted molar refractivity (Wildman–Crippen MR) is 67.1 cm³/mol. The maximum absolute atomic E-state index is 14.0.